The van der Waals surface area contributed by atoms with Crippen LogP contribution in [0.5, 0.6) is 0 Å². The maximum atomic E-state index is 12.8. The van der Waals surface area contributed by atoms with Crippen molar-refractivity contribution in [2.24, 2.45) is 7.05 Å². The number of carbonyl (C=O) groups excluding carboxylic acids is 1. The van der Waals surface area contributed by atoms with Crippen LogP contribution < -0.4 is 0 Å². The van der Waals surface area contributed by atoms with Crippen molar-refractivity contribution in [3.05, 3.63) is 59.0 Å². The predicted octanol–water partition coefficient (Wildman–Crippen LogP) is 2.90. The van der Waals surface area contributed by atoms with Gasteiger partial charge in [-0.2, -0.15) is 0 Å². The van der Waals surface area contributed by atoms with Gasteiger partial charge in [0.15, 0.2) is 5.65 Å². The minimum Gasteiger partial charge on any atom is -0.323 e. The summed E-state index contributed by atoms with van der Waals surface area (Å²) in [7, 11) is 1.85. The lowest BCUT2D eigenvalue weighted by atomic mass is 10.2. The van der Waals surface area contributed by atoms with Gasteiger partial charge in [-0.1, -0.05) is 35.7 Å². The number of hydrogen-bond acceptors (Lipinski definition) is 3. The number of carbonyl (C=O) groups is 1. The third-order valence-electron chi connectivity index (χ3n) is 3.69. The van der Waals surface area contributed by atoms with Crippen LogP contribution in [0.2, 0.25) is 5.02 Å². The molecule has 2 heterocycles. The molecule has 0 saturated heterocycles. The van der Waals surface area contributed by atoms with E-state index in [1.165, 1.54) is 0 Å². The maximum Gasteiger partial charge on any atom is 0.256 e. The number of aryl methyl sites for hydroxylation is 1. The molecule has 0 aliphatic carbocycles. The zero-order chi connectivity index (χ0) is 17.1. The van der Waals surface area contributed by atoms with Crippen molar-refractivity contribution < 1.29 is 4.79 Å². The van der Waals surface area contributed by atoms with Crippen molar-refractivity contribution >= 4 is 28.7 Å². The first-order chi connectivity index (χ1) is 11.6. The van der Waals surface area contributed by atoms with Crippen molar-refractivity contribution in [2.75, 3.05) is 6.54 Å². The first-order valence-electron chi connectivity index (χ1n) is 7.33. The minimum absolute atomic E-state index is 0.185. The average molecular weight is 339 g/mol. The first-order valence-corrected chi connectivity index (χ1v) is 7.71. The predicted molar refractivity (Wildman–Crippen MR) is 93.5 cm³/mol. The highest BCUT2D eigenvalue weighted by Gasteiger charge is 2.18. The second kappa shape index (κ2) is 6.73. The van der Waals surface area contributed by atoms with Crippen LogP contribution in [0.1, 0.15) is 15.9 Å². The number of hydrogen-bond donors (Lipinski definition) is 0. The van der Waals surface area contributed by atoms with E-state index in [1.807, 2.05) is 25.2 Å². The Morgan fingerprint density at radius 2 is 2.17 bits per heavy atom. The maximum absolute atomic E-state index is 12.8. The second-order valence-corrected chi connectivity index (χ2v) is 5.79. The first kappa shape index (κ1) is 16.0. The summed E-state index contributed by atoms with van der Waals surface area (Å²) in [6.45, 7) is 0.521. The summed E-state index contributed by atoms with van der Waals surface area (Å²) in [5.41, 5.74) is 2.68. The normalized spacial score (nSPS) is 10.5. The summed E-state index contributed by atoms with van der Waals surface area (Å²) >= 11 is 6.19. The zero-order valence-corrected chi connectivity index (χ0v) is 13.9. The van der Waals surface area contributed by atoms with E-state index < -0.39 is 0 Å². The number of aromatic nitrogens is 3. The molecule has 1 aromatic carbocycles. The fourth-order valence-corrected chi connectivity index (χ4v) is 2.65. The van der Waals surface area contributed by atoms with Crippen LogP contribution in [-0.4, -0.2) is 31.9 Å². The highest BCUT2D eigenvalue weighted by atomic mass is 35.5. The third-order valence-corrected chi connectivity index (χ3v) is 4.06. The topological polar surface area (TPSA) is 51.0 Å². The van der Waals surface area contributed by atoms with Gasteiger partial charge in [0, 0.05) is 24.8 Å². The van der Waals surface area contributed by atoms with E-state index in [1.54, 1.807) is 34.1 Å². The molecule has 3 rings (SSSR count). The van der Waals surface area contributed by atoms with Crippen LogP contribution in [0.25, 0.3) is 11.2 Å². The van der Waals surface area contributed by atoms with Crippen LogP contribution in [-0.2, 0) is 13.6 Å². The smallest absolute Gasteiger partial charge is 0.256 e. The van der Waals surface area contributed by atoms with Gasteiger partial charge >= 0.3 is 0 Å². The fourth-order valence-electron chi connectivity index (χ4n) is 2.46. The molecular formula is C18H15ClN4O. The molecule has 24 heavy (non-hydrogen) atoms. The molecule has 0 saturated carbocycles. The second-order valence-electron chi connectivity index (χ2n) is 5.38. The Balaban J connectivity index is 1.90. The number of imidazole rings is 1. The number of nitrogens with zero attached hydrogens (tertiary/aromatic N) is 4. The van der Waals surface area contributed by atoms with Crippen LogP contribution in [0.3, 0.4) is 0 Å². The molecule has 0 unspecified atom stereocenters. The van der Waals surface area contributed by atoms with E-state index in [-0.39, 0.29) is 12.5 Å². The van der Waals surface area contributed by atoms with Gasteiger partial charge in [-0.15, -0.1) is 6.42 Å². The number of pyridine rings is 1. The van der Waals surface area contributed by atoms with E-state index in [2.05, 4.69) is 15.9 Å². The Kier molecular flexibility index (Phi) is 4.50. The summed E-state index contributed by atoms with van der Waals surface area (Å²) in [4.78, 5) is 22.9. The van der Waals surface area contributed by atoms with Gasteiger partial charge in [-0.05, 0) is 17.7 Å². The lowest BCUT2D eigenvalue weighted by Gasteiger charge is -2.21. The van der Waals surface area contributed by atoms with Crippen molar-refractivity contribution in [2.45, 2.75) is 6.54 Å². The minimum atomic E-state index is -0.201. The molecule has 6 heteroatoms. The number of benzene rings is 1. The quantitative estimate of drug-likeness (QED) is 0.687. The van der Waals surface area contributed by atoms with Gasteiger partial charge in [0.25, 0.3) is 5.91 Å². The summed E-state index contributed by atoms with van der Waals surface area (Å²) in [5.74, 6) is 2.32. The summed E-state index contributed by atoms with van der Waals surface area (Å²) in [5, 5.41) is 0.602. The molecule has 5 nitrogen and oxygen atoms in total. The molecule has 0 aliphatic rings. The number of halogens is 1. The van der Waals surface area contributed by atoms with E-state index >= 15 is 0 Å². The Morgan fingerprint density at radius 1 is 1.38 bits per heavy atom. The van der Waals surface area contributed by atoms with E-state index in [9.17, 15) is 4.79 Å². The molecule has 120 valence electrons. The number of terminal acetylenes is 1. The van der Waals surface area contributed by atoms with Crippen molar-refractivity contribution in [1.29, 1.82) is 0 Å². The highest BCUT2D eigenvalue weighted by Crippen LogP contribution is 2.19. The molecule has 0 aliphatic heterocycles. The van der Waals surface area contributed by atoms with Crippen molar-refractivity contribution in [1.82, 2.24) is 19.4 Å². The van der Waals surface area contributed by atoms with Crippen LogP contribution in [0.4, 0.5) is 0 Å². The fraction of sp³-hybridized carbons (Fsp3) is 0.167. The van der Waals surface area contributed by atoms with Gasteiger partial charge in [-0.3, -0.25) is 4.79 Å². The zero-order valence-electron chi connectivity index (χ0n) is 13.1. The van der Waals surface area contributed by atoms with Gasteiger partial charge in [0.05, 0.1) is 18.4 Å². The molecule has 0 radical (unpaired) electrons. The third kappa shape index (κ3) is 3.10. The van der Waals surface area contributed by atoms with Gasteiger partial charge in [-0.25, -0.2) is 9.97 Å². The molecule has 3 aromatic rings. The summed E-state index contributed by atoms with van der Waals surface area (Å²) in [6.07, 6.45) is 8.63. The van der Waals surface area contributed by atoms with Crippen LogP contribution in [0, 0.1) is 12.3 Å². The Labute approximate surface area is 144 Å². The van der Waals surface area contributed by atoms with E-state index in [0.29, 0.717) is 22.6 Å². The number of amides is 1. The Bertz CT molecular complexity index is 942. The van der Waals surface area contributed by atoms with Crippen LogP contribution >= 0.6 is 11.6 Å². The molecule has 0 N–H and O–H groups in total. The van der Waals surface area contributed by atoms with Gasteiger partial charge < -0.3 is 9.47 Å². The summed E-state index contributed by atoms with van der Waals surface area (Å²) in [6, 6.07) is 9.11. The standard InChI is InChI=1S/C18H15ClN4O/c1-3-8-23(11-13-6-4-5-7-15(13)19)18(24)14-9-16-17(20-10-14)22(2)12-21-16/h1,4-7,9-10,12H,8,11H2,2H3. The molecule has 0 bridgehead atoms. The van der Waals surface area contributed by atoms with E-state index in [4.69, 9.17) is 18.0 Å². The average Bonchev–Trinajstić information content (AvgIpc) is 2.96. The van der Waals surface area contributed by atoms with Crippen molar-refractivity contribution in [3.63, 3.8) is 0 Å². The van der Waals surface area contributed by atoms with Gasteiger partial charge in [0.1, 0.15) is 5.52 Å². The summed E-state index contributed by atoms with van der Waals surface area (Å²) < 4.78 is 1.80. The largest absolute Gasteiger partial charge is 0.323 e. The number of rotatable bonds is 4. The van der Waals surface area contributed by atoms with Crippen LogP contribution in [0.15, 0.2) is 42.9 Å². The Hall–Kier alpha value is -2.84. The SMILES string of the molecule is C#CCN(Cc1ccccc1Cl)C(=O)c1cnc2c(c1)ncn2C. The Morgan fingerprint density at radius 3 is 2.92 bits per heavy atom. The molecular weight excluding hydrogens is 324 g/mol. The molecule has 0 fully saturated rings. The highest BCUT2D eigenvalue weighted by molar-refractivity contribution is 6.31. The lowest BCUT2D eigenvalue weighted by molar-refractivity contribution is 0.0765. The number of fused-ring (bicyclic) bond motifs is 1. The molecule has 0 spiro atoms. The molecule has 0 atom stereocenters. The van der Waals surface area contributed by atoms with E-state index in [0.717, 1.165) is 11.2 Å². The molecule has 2 aromatic heterocycles. The monoisotopic (exact) mass is 338 g/mol. The molecule has 1 amide bonds. The van der Waals surface area contributed by atoms with Gasteiger partial charge in [0.2, 0.25) is 0 Å². The lowest BCUT2D eigenvalue weighted by Crippen LogP contribution is -2.31. The van der Waals surface area contributed by atoms with Crippen molar-refractivity contribution in [3.8, 4) is 12.3 Å².